The van der Waals surface area contributed by atoms with Crippen molar-refractivity contribution >= 4 is 17.3 Å². The summed E-state index contributed by atoms with van der Waals surface area (Å²) in [6.45, 7) is 2.73. The highest BCUT2D eigenvalue weighted by Gasteiger charge is 2.41. The Morgan fingerprint density at radius 3 is 2.39 bits per heavy atom. The summed E-state index contributed by atoms with van der Waals surface area (Å²) in [6, 6.07) is 24.7. The number of benzene rings is 1. The fourth-order valence-corrected chi connectivity index (χ4v) is 4.44. The number of pyridine rings is 2. The summed E-state index contributed by atoms with van der Waals surface area (Å²) in [5, 5.41) is 4.23. The lowest BCUT2D eigenvalue weighted by Gasteiger charge is -2.28. The summed E-state index contributed by atoms with van der Waals surface area (Å²) in [7, 11) is 0. The average Bonchev–Trinajstić information content (AvgIpc) is 3.40. The molecule has 1 aliphatic rings. The maximum atomic E-state index is 5.79. The summed E-state index contributed by atoms with van der Waals surface area (Å²) < 4.78 is 2.24. The van der Waals surface area contributed by atoms with Crippen LogP contribution in [0.2, 0.25) is 0 Å². The monoisotopic (exact) mass is 425 g/mol. The smallest absolute Gasteiger partial charge is 0.170 e. The number of nitrogens with one attached hydrogen (secondary N) is 1. The average molecular weight is 426 g/mol. The standard InChI is InChI=1S/C25H23N5S/c1-18-10-12-20(13-11-18)29-16-6-9-22(29)24-23(21-8-3-5-15-27-21)28-25(31)30(24)17-19-7-2-4-14-26-19/h2-16,23-24H,17H2,1H3,(H,28,31)/t23-,24-/m0/s1. The molecule has 154 valence electrons. The maximum absolute atomic E-state index is 5.79. The van der Waals surface area contributed by atoms with Crippen molar-refractivity contribution in [1.29, 1.82) is 0 Å². The molecule has 0 unspecified atom stereocenters. The SMILES string of the molecule is Cc1ccc(-n2cccc2[C@H]2[C@H](c3ccccn3)NC(=S)N2Cc2ccccn2)cc1. The molecule has 0 radical (unpaired) electrons. The van der Waals surface area contributed by atoms with Gasteiger partial charge in [-0.15, -0.1) is 0 Å². The van der Waals surface area contributed by atoms with Crippen molar-refractivity contribution in [2.45, 2.75) is 25.6 Å². The highest BCUT2D eigenvalue weighted by atomic mass is 32.1. The van der Waals surface area contributed by atoms with Crippen LogP contribution in [0.15, 0.2) is 91.4 Å². The zero-order valence-corrected chi connectivity index (χ0v) is 18.0. The first kappa shape index (κ1) is 19.5. The van der Waals surface area contributed by atoms with E-state index in [2.05, 4.69) is 80.3 Å². The Bertz CT molecular complexity index is 1170. The molecule has 4 heterocycles. The number of aryl methyl sites for hydroxylation is 1. The van der Waals surface area contributed by atoms with Crippen LogP contribution in [0, 0.1) is 6.92 Å². The number of aromatic nitrogens is 3. The summed E-state index contributed by atoms with van der Waals surface area (Å²) in [6.07, 6.45) is 5.76. The minimum Gasteiger partial charge on any atom is -0.352 e. The van der Waals surface area contributed by atoms with E-state index in [0.29, 0.717) is 11.7 Å². The molecule has 31 heavy (non-hydrogen) atoms. The Hall–Kier alpha value is -3.51. The van der Waals surface area contributed by atoms with E-state index in [4.69, 9.17) is 12.2 Å². The third kappa shape index (κ3) is 3.82. The van der Waals surface area contributed by atoms with E-state index in [9.17, 15) is 0 Å². The van der Waals surface area contributed by atoms with Crippen LogP contribution in [0.3, 0.4) is 0 Å². The molecule has 0 aliphatic carbocycles. The van der Waals surface area contributed by atoms with Gasteiger partial charge >= 0.3 is 0 Å². The van der Waals surface area contributed by atoms with Crippen LogP contribution in [0.1, 0.15) is 34.7 Å². The highest BCUT2D eigenvalue weighted by molar-refractivity contribution is 7.80. The minimum absolute atomic E-state index is 0.0271. The maximum Gasteiger partial charge on any atom is 0.170 e. The summed E-state index contributed by atoms with van der Waals surface area (Å²) in [4.78, 5) is 11.4. The quantitative estimate of drug-likeness (QED) is 0.468. The second kappa shape index (κ2) is 8.32. The Morgan fingerprint density at radius 1 is 0.903 bits per heavy atom. The van der Waals surface area contributed by atoms with E-state index in [0.717, 1.165) is 22.8 Å². The lowest BCUT2D eigenvalue weighted by Crippen LogP contribution is -2.30. The van der Waals surface area contributed by atoms with Crippen molar-refractivity contribution in [2.75, 3.05) is 0 Å². The second-order valence-corrected chi connectivity index (χ2v) is 8.10. The van der Waals surface area contributed by atoms with Gasteiger partial charge in [-0.05, 0) is 67.7 Å². The fraction of sp³-hybridized carbons (Fsp3) is 0.160. The van der Waals surface area contributed by atoms with E-state index < -0.39 is 0 Å². The van der Waals surface area contributed by atoms with E-state index in [1.807, 2.05) is 42.7 Å². The van der Waals surface area contributed by atoms with E-state index in [1.165, 1.54) is 5.56 Å². The molecule has 0 spiro atoms. The van der Waals surface area contributed by atoms with E-state index >= 15 is 0 Å². The molecule has 1 fully saturated rings. The molecule has 0 saturated carbocycles. The number of thiocarbonyl (C=S) groups is 1. The third-order valence-electron chi connectivity index (χ3n) is 5.65. The van der Waals surface area contributed by atoms with Gasteiger partial charge in [0.2, 0.25) is 0 Å². The zero-order chi connectivity index (χ0) is 21.2. The first-order valence-electron chi connectivity index (χ1n) is 10.3. The van der Waals surface area contributed by atoms with Crippen molar-refractivity contribution in [1.82, 2.24) is 24.8 Å². The number of hydrogen-bond donors (Lipinski definition) is 1. The number of hydrogen-bond acceptors (Lipinski definition) is 3. The Morgan fingerprint density at radius 2 is 1.68 bits per heavy atom. The second-order valence-electron chi connectivity index (χ2n) is 7.71. The summed E-state index contributed by atoms with van der Waals surface area (Å²) in [5.74, 6) is 0. The van der Waals surface area contributed by atoms with Crippen LogP contribution in [-0.2, 0) is 6.54 Å². The molecule has 1 N–H and O–H groups in total. The van der Waals surface area contributed by atoms with Crippen molar-refractivity contribution in [2.24, 2.45) is 0 Å². The first-order chi connectivity index (χ1) is 15.2. The fourth-order valence-electron chi connectivity index (χ4n) is 4.14. The van der Waals surface area contributed by atoms with Gasteiger partial charge in [0.1, 0.15) is 0 Å². The molecule has 3 aromatic heterocycles. The lowest BCUT2D eigenvalue weighted by atomic mass is 10.0. The van der Waals surface area contributed by atoms with Crippen LogP contribution < -0.4 is 5.32 Å². The van der Waals surface area contributed by atoms with Crippen molar-refractivity contribution in [3.63, 3.8) is 0 Å². The summed E-state index contributed by atoms with van der Waals surface area (Å²) >= 11 is 5.79. The van der Waals surface area contributed by atoms with Crippen molar-refractivity contribution < 1.29 is 0 Å². The molecule has 4 aromatic rings. The van der Waals surface area contributed by atoms with Crippen LogP contribution in [-0.4, -0.2) is 24.5 Å². The van der Waals surface area contributed by atoms with Gasteiger partial charge < -0.3 is 14.8 Å². The lowest BCUT2D eigenvalue weighted by molar-refractivity contribution is 0.299. The molecule has 1 aliphatic heterocycles. The molecule has 1 saturated heterocycles. The third-order valence-corrected chi connectivity index (χ3v) is 6.00. The van der Waals surface area contributed by atoms with Gasteiger partial charge in [0.25, 0.3) is 0 Å². The van der Waals surface area contributed by atoms with Gasteiger partial charge in [-0.2, -0.15) is 0 Å². The molecular formula is C25H23N5S. The molecule has 1 aromatic carbocycles. The Balaban J connectivity index is 1.60. The van der Waals surface area contributed by atoms with Gasteiger partial charge in [-0.3, -0.25) is 9.97 Å². The van der Waals surface area contributed by atoms with Crippen LogP contribution >= 0.6 is 12.2 Å². The first-order valence-corrected chi connectivity index (χ1v) is 10.7. The molecule has 5 rings (SSSR count). The van der Waals surface area contributed by atoms with Crippen molar-refractivity contribution in [3.8, 4) is 5.69 Å². The Kier molecular flexibility index (Phi) is 5.22. The molecule has 5 nitrogen and oxygen atoms in total. The number of nitrogens with zero attached hydrogens (tertiary/aromatic N) is 4. The van der Waals surface area contributed by atoms with Gasteiger partial charge in [-0.1, -0.05) is 29.8 Å². The molecule has 0 amide bonds. The molecule has 0 bridgehead atoms. The van der Waals surface area contributed by atoms with Crippen LogP contribution in [0.4, 0.5) is 0 Å². The largest absolute Gasteiger partial charge is 0.352 e. The van der Waals surface area contributed by atoms with Gasteiger partial charge in [-0.25, -0.2) is 0 Å². The normalized spacial score (nSPS) is 18.2. The van der Waals surface area contributed by atoms with E-state index in [1.54, 1.807) is 0 Å². The molecule has 2 atom stereocenters. The van der Waals surface area contributed by atoms with Crippen molar-refractivity contribution in [3.05, 3.63) is 114 Å². The van der Waals surface area contributed by atoms with E-state index in [-0.39, 0.29) is 12.1 Å². The Labute approximate surface area is 187 Å². The highest BCUT2D eigenvalue weighted by Crippen LogP contribution is 2.40. The molecule has 6 heteroatoms. The van der Waals surface area contributed by atoms with Gasteiger partial charge in [0.05, 0.1) is 30.0 Å². The van der Waals surface area contributed by atoms with Gasteiger partial charge in [0, 0.05) is 30.0 Å². The molecular weight excluding hydrogens is 402 g/mol. The van der Waals surface area contributed by atoms with Crippen LogP contribution in [0.25, 0.3) is 5.69 Å². The van der Waals surface area contributed by atoms with Crippen LogP contribution in [0.5, 0.6) is 0 Å². The predicted octanol–water partition coefficient (Wildman–Crippen LogP) is 4.75. The summed E-state index contributed by atoms with van der Waals surface area (Å²) in [5.41, 5.74) is 5.47. The zero-order valence-electron chi connectivity index (χ0n) is 17.2. The predicted molar refractivity (Wildman–Crippen MR) is 126 cm³/mol. The van der Waals surface area contributed by atoms with Gasteiger partial charge in [0.15, 0.2) is 5.11 Å². The number of rotatable bonds is 5. The minimum atomic E-state index is -0.0588. The topological polar surface area (TPSA) is 46.0 Å².